The maximum Gasteiger partial charge on any atom is 0.0589 e. The van der Waals surface area contributed by atoms with Gasteiger partial charge in [0.15, 0.2) is 0 Å². The molecule has 2 nitrogen and oxygen atoms in total. The second kappa shape index (κ2) is 11.1. The molecule has 1 aliphatic heterocycles. The lowest BCUT2D eigenvalue weighted by molar-refractivity contribution is -0.00311. The molecule has 2 unspecified atom stereocenters. The summed E-state index contributed by atoms with van der Waals surface area (Å²) in [5, 5.41) is 3.72. The van der Waals surface area contributed by atoms with Crippen LogP contribution in [0.1, 0.15) is 58.3 Å². The van der Waals surface area contributed by atoms with Crippen LogP contribution < -0.4 is 5.32 Å². The van der Waals surface area contributed by atoms with Crippen LogP contribution in [0.15, 0.2) is 0 Å². The van der Waals surface area contributed by atoms with Gasteiger partial charge in [-0.05, 0) is 50.7 Å². The molecular weight excluding hydrogens is 242 g/mol. The van der Waals surface area contributed by atoms with Gasteiger partial charge in [-0.2, -0.15) is 11.8 Å². The van der Waals surface area contributed by atoms with E-state index < -0.39 is 0 Å². The average Bonchev–Trinajstić information content (AvgIpc) is 2.39. The van der Waals surface area contributed by atoms with Crippen molar-refractivity contribution < 1.29 is 4.74 Å². The molecule has 0 bridgehead atoms. The summed E-state index contributed by atoms with van der Waals surface area (Å²) < 4.78 is 5.78. The van der Waals surface area contributed by atoms with Gasteiger partial charge in [-0.15, -0.1) is 0 Å². The fourth-order valence-electron chi connectivity index (χ4n) is 2.62. The number of hydrogen-bond donors (Lipinski definition) is 1. The lowest BCUT2D eigenvalue weighted by Gasteiger charge is -2.30. The van der Waals surface area contributed by atoms with E-state index in [1.54, 1.807) is 0 Å². The van der Waals surface area contributed by atoms with Crippen LogP contribution >= 0.6 is 11.8 Å². The number of thioether (sulfide) groups is 1. The third-order valence-electron chi connectivity index (χ3n) is 3.69. The Labute approximate surface area is 118 Å². The monoisotopic (exact) mass is 273 g/mol. The van der Waals surface area contributed by atoms with Gasteiger partial charge in [0.05, 0.1) is 6.10 Å². The van der Waals surface area contributed by atoms with E-state index in [1.807, 2.05) is 11.8 Å². The molecule has 0 amide bonds. The molecule has 0 radical (unpaired) electrons. The van der Waals surface area contributed by atoms with Gasteiger partial charge in [-0.3, -0.25) is 0 Å². The smallest absolute Gasteiger partial charge is 0.0589 e. The van der Waals surface area contributed by atoms with Crippen molar-refractivity contribution in [1.29, 1.82) is 0 Å². The molecule has 108 valence electrons. The van der Waals surface area contributed by atoms with E-state index in [2.05, 4.69) is 18.5 Å². The van der Waals surface area contributed by atoms with Gasteiger partial charge in [0, 0.05) is 12.6 Å². The highest BCUT2D eigenvalue weighted by Gasteiger charge is 2.20. The predicted octanol–water partition coefficient (Wildman–Crippen LogP) is 3.85. The topological polar surface area (TPSA) is 21.3 Å². The zero-order valence-corrected chi connectivity index (χ0v) is 13.1. The van der Waals surface area contributed by atoms with Crippen LogP contribution in [0, 0.1) is 0 Å². The van der Waals surface area contributed by atoms with Crippen molar-refractivity contribution in [2.75, 3.05) is 25.2 Å². The first-order chi connectivity index (χ1) is 8.86. The van der Waals surface area contributed by atoms with Gasteiger partial charge in [0.25, 0.3) is 0 Å². The van der Waals surface area contributed by atoms with Crippen molar-refractivity contribution in [3.63, 3.8) is 0 Å². The van der Waals surface area contributed by atoms with Crippen molar-refractivity contribution in [3.05, 3.63) is 0 Å². The highest BCUT2D eigenvalue weighted by atomic mass is 32.2. The average molecular weight is 273 g/mol. The molecule has 1 saturated heterocycles. The van der Waals surface area contributed by atoms with Gasteiger partial charge < -0.3 is 10.1 Å². The summed E-state index contributed by atoms with van der Waals surface area (Å²) in [4.78, 5) is 0. The Bertz CT molecular complexity index is 187. The second-order valence-electron chi connectivity index (χ2n) is 5.36. The molecule has 0 aromatic rings. The van der Waals surface area contributed by atoms with Crippen LogP contribution in [0.25, 0.3) is 0 Å². The maximum absolute atomic E-state index is 5.78. The first kappa shape index (κ1) is 16.3. The fraction of sp³-hybridized carbons (Fsp3) is 1.00. The SMILES string of the molecule is CCCC1CC(NCCCCCCSC)CCO1. The van der Waals surface area contributed by atoms with E-state index in [0.29, 0.717) is 12.1 Å². The molecule has 0 aliphatic carbocycles. The summed E-state index contributed by atoms with van der Waals surface area (Å²) in [6, 6.07) is 0.710. The standard InChI is InChI=1S/C15H31NOS/c1-3-8-15-13-14(9-11-17-15)16-10-6-4-5-7-12-18-2/h14-16H,3-13H2,1-2H3. The van der Waals surface area contributed by atoms with Crippen molar-refractivity contribution in [1.82, 2.24) is 5.32 Å². The van der Waals surface area contributed by atoms with E-state index in [1.165, 1.54) is 63.7 Å². The third kappa shape index (κ3) is 7.65. The summed E-state index contributed by atoms with van der Waals surface area (Å²) in [5.41, 5.74) is 0. The third-order valence-corrected chi connectivity index (χ3v) is 4.38. The second-order valence-corrected chi connectivity index (χ2v) is 6.35. The maximum atomic E-state index is 5.78. The molecule has 1 aliphatic rings. The van der Waals surface area contributed by atoms with Crippen LogP contribution in [-0.2, 0) is 4.74 Å². The van der Waals surface area contributed by atoms with Crippen molar-refractivity contribution >= 4 is 11.8 Å². The first-order valence-electron chi connectivity index (χ1n) is 7.70. The van der Waals surface area contributed by atoms with E-state index in [4.69, 9.17) is 4.74 Å². The Morgan fingerprint density at radius 3 is 2.83 bits per heavy atom. The van der Waals surface area contributed by atoms with Crippen molar-refractivity contribution in [2.45, 2.75) is 70.4 Å². The Kier molecular flexibility index (Phi) is 10.1. The molecule has 1 rings (SSSR count). The summed E-state index contributed by atoms with van der Waals surface area (Å²) in [7, 11) is 0. The predicted molar refractivity (Wildman–Crippen MR) is 82.5 cm³/mol. The van der Waals surface area contributed by atoms with Gasteiger partial charge in [-0.25, -0.2) is 0 Å². The molecule has 0 aromatic carbocycles. The quantitative estimate of drug-likeness (QED) is 0.611. The Morgan fingerprint density at radius 2 is 2.06 bits per heavy atom. The number of ether oxygens (including phenoxy) is 1. The summed E-state index contributed by atoms with van der Waals surface area (Å²) >= 11 is 1.96. The highest BCUT2D eigenvalue weighted by molar-refractivity contribution is 7.98. The van der Waals surface area contributed by atoms with Crippen LogP contribution in [0.5, 0.6) is 0 Å². The molecule has 0 aromatic heterocycles. The van der Waals surface area contributed by atoms with Gasteiger partial charge >= 0.3 is 0 Å². The van der Waals surface area contributed by atoms with Crippen molar-refractivity contribution in [3.8, 4) is 0 Å². The molecule has 3 heteroatoms. The number of hydrogen-bond acceptors (Lipinski definition) is 3. The number of rotatable bonds is 10. The number of unbranched alkanes of at least 4 members (excludes halogenated alkanes) is 3. The fourth-order valence-corrected chi connectivity index (χ4v) is 3.11. The lowest BCUT2D eigenvalue weighted by Crippen LogP contribution is -2.39. The largest absolute Gasteiger partial charge is 0.378 e. The normalized spacial score (nSPS) is 24.3. The number of nitrogens with one attached hydrogen (secondary N) is 1. The zero-order valence-electron chi connectivity index (χ0n) is 12.2. The lowest BCUT2D eigenvalue weighted by atomic mass is 10.00. The summed E-state index contributed by atoms with van der Waals surface area (Å²) in [5.74, 6) is 1.33. The minimum Gasteiger partial charge on any atom is -0.378 e. The molecular formula is C15H31NOS. The van der Waals surface area contributed by atoms with Crippen LogP contribution in [-0.4, -0.2) is 37.3 Å². The summed E-state index contributed by atoms with van der Waals surface area (Å²) in [6.07, 6.45) is 13.1. The molecule has 0 saturated carbocycles. The van der Waals surface area contributed by atoms with E-state index in [-0.39, 0.29) is 0 Å². The molecule has 1 N–H and O–H groups in total. The highest BCUT2D eigenvalue weighted by Crippen LogP contribution is 2.17. The molecule has 1 fully saturated rings. The Balaban J connectivity index is 1.94. The van der Waals surface area contributed by atoms with E-state index >= 15 is 0 Å². The van der Waals surface area contributed by atoms with Crippen LogP contribution in [0.2, 0.25) is 0 Å². The van der Waals surface area contributed by atoms with Gasteiger partial charge in [0.1, 0.15) is 0 Å². The minimum absolute atomic E-state index is 0.517. The van der Waals surface area contributed by atoms with E-state index in [0.717, 1.165) is 6.61 Å². The van der Waals surface area contributed by atoms with E-state index in [9.17, 15) is 0 Å². The van der Waals surface area contributed by atoms with Crippen molar-refractivity contribution in [2.24, 2.45) is 0 Å². The first-order valence-corrected chi connectivity index (χ1v) is 9.10. The minimum atomic E-state index is 0.517. The Morgan fingerprint density at radius 1 is 1.22 bits per heavy atom. The molecule has 18 heavy (non-hydrogen) atoms. The van der Waals surface area contributed by atoms with Gasteiger partial charge in [-0.1, -0.05) is 26.2 Å². The molecule has 2 atom stereocenters. The van der Waals surface area contributed by atoms with Crippen LogP contribution in [0.4, 0.5) is 0 Å². The summed E-state index contributed by atoms with van der Waals surface area (Å²) in [6.45, 7) is 4.40. The molecule has 1 heterocycles. The van der Waals surface area contributed by atoms with Gasteiger partial charge in [0.2, 0.25) is 0 Å². The molecule has 0 spiro atoms. The zero-order chi connectivity index (χ0) is 13.1. The van der Waals surface area contributed by atoms with Crippen LogP contribution in [0.3, 0.4) is 0 Å². The Hall–Kier alpha value is 0.270.